The first kappa shape index (κ1) is 13.8. The summed E-state index contributed by atoms with van der Waals surface area (Å²) in [6.07, 6.45) is 2.52. The van der Waals surface area contributed by atoms with Gasteiger partial charge in [0, 0.05) is 19.3 Å². The summed E-state index contributed by atoms with van der Waals surface area (Å²) in [7, 11) is 1.58. The Kier molecular flexibility index (Phi) is 6.52. The van der Waals surface area contributed by atoms with Crippen molar-refractivity contribution in [2.45, 2.75) is 0 Å². The predicted octanol–water partition coefficient (Wildman–Crippen LogP) is -0.692. The molecular weight excluding hydrogens is 200 g/mol. The van der Waals surface area contributed by atoms with E-state index in [-0.39, 0.29) is 18.0 Å². The number of amides is 2. The van der Waals surface area contributed by atoms with Crippen molar-refractivity contribution in [1.29, 1.82) is 0 Å². The monoisotopic (exact) mass is 214 g/mol. The number of carbonyl (C=O) groups excluding carboxylic acids is 2. The molecule has 1 N–H and O–H groups in total. The first-order valence-electron chi connectivity index (χ1n) is 4.36. The normalized spacial score (nSPS) is 14.6. The van der Waals surface area contributed by atoms with Gasteiger partial charge in [-0.3, -0.25) is 14.5 Å². The Morgan fingerprint density at radius 2 is 1.73 bits per heavy atom. The van der Waals surface area contributed by atoms with Gasteiger partial charge >= 0.3 is 0 Å². The summed E-state index contributed by atoms with van der Waals surface area (Å²) in [5.41, 5.74) is 0. The first-order chi connectivity index (χ1) is 6.75. The Balaban J connectivity index is 0.00000196. The summed E-state index contributed by atoms with van der Waals surface area (Å²) in [4.78, 5) is 23.2. The second-order valence-corrected chi connectivity index (χ2v) is 2.77. The molecule has 15 heavy (non-hydrogen) atoms. The quantitative estimate of drug-likeness (QED) is 0.432. The van der Waals surface area contributed by atoms with E-state index in [0.717, 1.165) is 4.90 Å². The third-order valence-electron chi connectivity index (χ3n) is 1.79. The highest BCUT2D eigenvalue weighted by molar-refractivity contribution is 6.12. The number of imide groups is 1. The van der Waals surface area contributed by atoms with E-state index >= 15 is 0 Å². The molecule has 84 valence electrons. The van der Waals surface area contributed by atoms with Crippen LogP contribution in [0.2, 0.25) is 0 Å². The van der Waals surface area contributed by atoms with Crippen molar-refractivity contribution in [3.05, 3.63) is 12.2 Å². The van der Waals surface area contributed by atoms with E-state index in [1.165, 1.54) is 12.2 Å². The van der Waals surface area contributed by atoms with Crippen LogP contribution in [0.15, 0.2) is 12.2 Å². The van der Waals surface area contributed by atoms with Gasteiger partial charge in [-0.1, -0.05) is 0 Å². The molecule has 1 heterocycles. The molecule has 6 heteroatoms. The van der Waals surface area contributed by atoms with E-state index in [9.17, 15) is 9.59 Å². The average molecular weight is 214 g/mol. The third kappa shape index (κ3) is 4.20. The topological polar surface area (TPSA) is 87.8 Å². The fraction of sp³-hybridized carbons (Fsp3) is 0.556. The first-order valence-corrected chi connectivity index (χ1v) is 4.36. The van der Waals surface area contributed by atoms with Gasteiger partial charge in [-0.15, -0.1) is 0 Å². The fourth-order valence-corrected chi connectivity index (χ4v) is 1.05. The van der Waals surface area contributed by atoms with Gasteiger partial charge in [-0.25, -0.2) is 0 Å². The van der Waals surface area contributed by atoms with Gasteiger partial charge in [0.15, 0.2) is 0 Å². The number of rotatable bonds is 6. The van der Waals surface area contributed by atoms with Crippen LogP contribution in [0.5, 0.6) is 0 Å². The molecule has 0 aromatic carbocycles. The zero-order valence-electron chi connectivity index (χ0n) is 8.56. The second kappa shape index (κ2) is 7.10. The molecule has 0 aromatic heterocycles. The molecule has 1 aliphatic heterocycles. The lowest BCUT2D eigenvalue weighted by Crippen LogP contribution is -2.33. The minimum atomic E-state index is -0.273. The molecule has 0 unspecified atom stereocenters. The van der Waals surface area contributed by atoms with Crippen LogP contribution in [0.25, 0.3) is 0 Å². The number of methoxy groups -OCH3 is 1. The van der Waals surface area contributed by atoms with Gasteiger partial charge in [0.1, 0.15) is 0 Å². The van der Waals surface area contributed by atoms with Crippen LogP contribution in [0.1, 0.15) is 0 Å². The number of carbonyl (C=O) groups is 2. The van der Waals surface area contributed by atoms with E-state index in [4.69, 9.17) is 9.47 Å². The van der Waals surface area contributed by atoms with Gasteiger partial charge < -0.3 is 9.47 Å². The van der Waals surface area contributed by atoms with Crippen LogP contribution in [-0.4, -0.2) is 50.2 Å². The highest BCUT2D eigenvalue weighted by atomic mass is 16.5. The van der Waals surface area contributed by atoms with Crippen LogP contribution in [0.3, 0.4) is 0 Å². The Morgan fingerprint density at radius 1 is 1.13 bits per heavy atom. The summed E-state index contributed by atoms with van der Waals surface area (Å²) < 4.78 is 9.91. The van der Waals surface area contributed by atoms with Gasteiger partial charge in [-0.05, 0) is 0 Å². The number of hydrogen-bond donors (Lipinski definition) is 0. The van der Waals surface area contributed by atoms with E-state index in [2.05, 4.69) is 0 Å². The van der Waals surface area contributed by atoms with Gasteiger partial charge in [0.05, 0.1) is 26.4 Å². The predicted molar refractivity (Wildman–Crippen MR) is 51.7 cm³/mol. The largest absolute Gasteiger partial charge is 0.382 e. The SMILES string of the molecule is COCCOCCN1C(=O)C=CC1=O.[NH]. The van der Waals surface area contributed by atoms with Gasteiger partial charge in [0.2, 0.25) is 0 Å². The van der Waals surface area contributed by atoms with Crippen LogP contribution in [0, 0.1) is 0 Å². The van der Waals surface area contributed by atoms with E-state index in [1.54, 1.807) is 7.11 Å². The van der Waals surface area contributed by atoms with Crippen molar-refractivity contribution >= 4 is 11.8 Å². The molecule has 0 saturated carbocycles. The van der Waals surface area contributed by atoms with Crippen LogP contribution >= 0.6 is 0 Å². The Labute approximate surface area is 88.4 Å². The maximum atomic E-state index is 11.0. The highest BCUT2D eigenvalue weighted by Crippen LogP contribution is 2.02. The summed E-state index contributed by atoms with van der Waals surface area (Å²) >= 11 is 0. The molecule has 2 radical (unpaired) electrons. The Morgan fingerprint density at radius 3 is 2.27 bits per heavy atom. The number of hydrogen-bond acceptors (Lipinski definition) is 4. The molecule has 0 atom stereocenters. The maximum absolute atomic E-state index is 11.0. The summed E-state index contributed by atoms with van der Waals surface area (Å²) in [6, 6.07) is 0. The molecule has 6 nitrogen and oxygen atoms in total. The smallest absolute Gasteiger partial charge is 0.253 e. The van der Waals surface area contributed by atoms with E-state index in [0.29, 0.717) is 26.4 Å². The fourth-order valence-electron chi connectivity index (χ4n) is 1.05. The standard InChI is InChI=1S/C9H13NO4.HN/c1-13-6-7-14-5-4-10-8(11)2-3-9(10)12;/h2-3H,4-7H2,1H3;1H. The van der Waals surface area contributed by atoms with Crippen molar-refractivity contribution in [3.8, 4) is 0 Å². The lowest BCUT2D eigenvalue weighted by atomic mass is 10.5. The summed E-state index contributed by atoms with van der Waals surface area (Å²) in [5.74, 6) is -0.546. The minimum Gasteiger partial charge on any atom is -0.382 e. The zero-order valence-corrected chi connectivity index (χ0v) is 8.56. The molecule has 0 saturated heterocycles. The van der Waals surface area contributed by atoms with Crippen molar-refractivity contribution in [2.24, 2.45) is 0 Å². The number of nitrogens with zero attached hydrogens (tertiary/aromatic N) is 1. The molecule has 0 spiro atoms. The number of ether oxygens (including phenoxy) is 2. The van der Waals surface area contributed by atoms with Crippen molar-refractivity contribution < 1.29 is 19.1 Å². The summed E-state index contributed by atoms with van der Waals surface area (Å²) in [5, 5.41) is 0. The van der Waals surface area contributed by atoms with E-state index in [1.807, 2.05) is 0 Å². The van der Waals surface area contributed by atoms with Crippen molar-refractivity contribution in [3.63, 3.8) is 0 Å². The minimum absolute atomic E-state index is 0. The van der Waals surface area contributed by atoms with Crippen molar-refractivity contribution in [1.82, 2.24) is 11.1 Å². The Bertz CT molecular complexity index is 234. The lowest BCUT2D eigenvalue weighted by Gasteiger charge is -2.13. The molecule has 0 aliphatic carbocycles. The second-order valence-electron chi connectivity index (χ2n) is 2.77. The van der Waals surface area contributed by atoms with Crippen LogP contribution in [0.4, 0.5) is 0 Å². The van der Waals surface area contributed by atoms with Crippen LogP contribution < -0.4 is 6.15 Å². The van der Waals surface area contributed by atoms with Gasteiger partial charge in [-0.2, -0.15) is 6.15 Å². The molecule has 1 rings (SSSR count). The average Bonchev–Trinajstić information content (AvgIpc) is 2.48. The van der Waals surface area contributed by atoms with E-state index < -0.39 is 0 Å². The molecule has 0 aromatic rings. The zero-order chi connectivity index (χ0) is 10.4. The Hall–Kier alpha value is -1.24. The molecular formula is C9H14N2O4. The molecule has 1 aliphatic rings. The highest BCUT2D eigenvalue weighted by Gasteiger charge is 2.22. The lowest BCUT2D eigenvalue weighted by molar-refractivity contribution is -0.137. The summed E-state index contributed by atoms with van der Waals surface area (Å²) in [6.45, 7) is 1.64. The van der Waals surface area contributed by atoms with Crippen LogP contribution in [-0.2, 0) is 19.1 Å². The van der Waals surface area contributed by atoms with Crippen molar-refractivity contribution in [2.75, 3.05) is 33.5 Å². The maximum Gasteiger partial charge on any atom is 0.253 e. The van der Waals surface area contributed by atoms with Gasteiger partial charge in [0.25, 0.3) is 11.8 Å². The molecule has 0 bridgehead atoms. The molecule has 0 fully saturated rings. The third-order valence-corrected chi connectivity index (χ3v) is 1.79. The molecule has 2 amide bonds. The number of nitrogens with one attached hydrogen (secondary N) is 1.